The molecule has 4 heteroatoms. The number of rotatable bonds is 0. The van der Waals surface area contributed by atoms with E-state index in [0.29, 0.717) is 0 Å². The Bertz CT molecular complexity index is 1820. The zero-order chi connectivity index (χ0) is 72.3. The van der Waals surface area contributed by atoms with Gasteiger partial charge in [0, 0.05) is 131 Å². The normalized spacial score (nSPS) is 6.09. The third-order valence-corrected chi connectivity index (χ3v) is 7.69. The molecule has 0 aliphatic heterocycles. The molecule has 586 valence electrons. The predicted molar refractivity (Wildman–Crippen MR) is 483 cm³/mol. The van der Waals surface area contributed by atoms with E-state index in [1.54, 1.807) is 0 Å². The zero-order valence-corrected chi connectivity index (χ0v) is 87.6. The van der Waals surface area contributed by atoms with E-state index in [1.165, 1.54) is 51.4 Å². The molecular formula is C97H178Y4-8. The van der Waals surface area contributed by atoms with Gasteiger partial charge in [0.05, 0.1) is 0 Å². The minimum Gasteiger partial charge on any atom is -0.358 e. The molecule has 0 aliphatic carbocycles. The Morgan fingerprint density at radius 1 is 0.139 bits per heavy atom. The molecule has 0 spiro atoms. The van der Waals surface area contributed by atoms with Gasteiger partial charge in [-0.05, 0) is 45.4 Å². The van der Waals surface area contributed by atoms with E-state index >= 15 is 0 Å². The molecule has 9 aromatic rings. The van der Waals surface area contributed by atoms with Crippen LogP contribution in [0.1, 0.15) is 248 Å². The summed E-state index contributed by atoms with van der Waals surface area (Å²) in [6.45, 7) is 70.9. The summed E-state index contributed by atoms with van der Waals surface area (Å²) in [6.07, 6.45) is 2.50. The largest absolute Gasteiger partial charge is 0.358 e. The molecule has 101 heavy (non-hydrogen) atoms. The molecule has 0 N–H and O–H groups in total. The molecule has 0 aliphatic rings. The summed E-state index contributed by atoms with van der Waals surface area (Å²) in [5.41, 5.74) is 6.61. The maximum Gasteiger partial charge on any atom is 0 e. The van der Waals surface area contributed by atoms with Gasteiger partial charge in [0.2, 0.25) is 0 Å². The smallest absolute Gasteiger partial charge is 0 e. The van der Waals surface area contributed by atoms with Crippen molar-refractivity contribution in [2.75, 3.05) is 0 Å². The molecule has 0 saturated carbocycles. The molecule has 4 radical (unpaired) electrons. The minimum atomic E-state index is 0. The predicted octanol–water partition coefficient (Wildman–Crippen LogP) is 36.0. The first-order chi connectivity index (χ1) is 43.8. The van der Waals surface area contributed by atoms with Gasteiger partial charge in [-0.2, -0.15) is 0 Å². The van der Waals surface area contributed by atoms with E-state index in [2.05, 4.69) is 172 Å². The second kappa shape index (κ2) is 212. The molecule has 0 nitrogen and oxygen atoms in total. The third kappa shape index (κ3) is 195. The SMILES string of the molecule is CC.CC.CC.CC.CC.CC.CC.CC.CC.CC.CC.CC.CC.CCC.CCC.Cc1ccccc1.Cc1ccccc1.Cc1ccccc1.Cc1ccccc1.Cc1ccccc1.[CH3-].[CH3-].[CH3-].[CH3-].[CH3-].[CH3-].[CH3-].[CH3-].[Y].[Y].[Y].[Y].c1ccc2ccccc2c1.c1ccccc1.c1ccccc1. The van der Waals surface area contributed by atoms with Gasteiger partial charge in [0.25, 0.3) is 0 Å². The van der Waals surface area contributed by atoms with E-state index in [4.69, 9.17) is 0 Å². The van der Waals surface area contributed by atoms with E-state index in [0.717, 1.165) is 0 Å². The van der Waals surface area contributed by atoms with Crippen molar-refractivity contribution in [1.82, 2.24) is 0 Å². The molecule has 0 unspecified atom stereocenters. The molecule has 0 bridgehead atoms. The van der Waals surface area contributed by atoms with Gasteiger partial charge in [-0.25, -0.2) is 0 Å². The minimum absolute atomic E-state index is 0. The first-order valence-corrected chi connectivity index (χ1v) is 35.3. The summed E-state index contributed by atoms with van der Waals surface area (Å²) < 4.78 is 0. The van der Waals surface area contributed by atoms with Crippen LogP contribution in [0.3, 0.4) is 0 Å². The number of hydrogen-bond donors (Lipinski definition) is 0. The van der Waals surface area contributed by atoms with Crippen LogP contribution >= 0.6 is 0 Å². The second-order valence-corrected chi connectivity index (χ2v) is 14.3. The first kappa shape index (κ1) is 178. The molecule has 0 amide bonds. The van der Waals surface area contributed by atoms with Gasteiger partial charge in [-0.3, -0.25) is 0 Å². The fraction of sp³-hybridized carbons (Fsp3) is 0.381. The average molecular weight is 1700 g/mol. The van der Waals surface area contributed by atoms with Gasteiger partial charge < -0.3 is 59.4 Å². The summed E-state index contributed by atoms with van der Waals surface area (Å²) in [5, 5.41) is 2.62. The number of hydrogen-bond acceptors (Lipinski definition) is 0. The average Bonchev–Trinajstić information content (AvgIpc) is 0.889. The summed E-state index contributed by atoms with van der Waals surface area (Å²) >= 11 is 0. The van der Waals surface area contributed by atoms with Crippen LogP contribution in [-0.2, 0) is 131 Å². The van der Waals surface area contributed by atoms with Crippen LogP contribution in [0.4, 0.5) is 0 Å². The Morgan fingerprint density at radius 2 is 0.198 bits per heavy atom. The molecule has 0 aromatic heterocycles. The molecule has 0 fully saturated rings. The van der Waals surface area contributed by atoms with Crippen LogP contribution in [0.2, 0.25) is 0 Å². The van der Waals surface area contributed by atoms with Crippen molar-refractivity contribution < 1.29 is 131 Å². The van der Waals surface area contributed by atoms with E-state index in [-0.39, 0.29) is 190 Å². The quantitative estimate of drug-likeness (QED) is 0.133. The van der Waals surface area contributed by atoms with E-state index in [1.807, 2.05) is 344 Å². The maximum absolute atomic E-state index is 2.12. The van der Waals surface area contributed by atoms with Crippen molar-refractivity contribution in [3.8, 4) is 0 Å². The van der Waals surface area contributed by atoms with Crippen LogP contribution in [0.15, 0.2) is 273 Å². The van der Waals surface area contributed by atoms with Crippen LogP contribution in [0, 0.1) is 94.0 Å². The van der Waals surface area contributed by atoms with Crippen LogP contribution < -0.4 is 0 Å². The molecular weight excluding hydrogens is 1520 g/mol. The fourth-order valence-electron chi connectivity index (χ4n) is 4.57. The van der Waals surface area contributed by atoms with Gasteiger partial charge in [0.15, 0.2) is 0 Å². The summed E-state index contributed by atoms with van der Waals surface area (Å²) in [4.78, 5) is 0. The van der Waals surface area contributed by atoms with Gasteiger partial charge in [-0.1, -0.05) is 521 Å². The monoisotopic (exact) mass is 1700 g/mol. The second-order valence-electron chi connectivity index (χ2n) is 14.3. The Balaban J connectivity index is -0.0000000247. The van der Waals surface area contributed by atoms with Crippen LogP contribution in [0.5, 0.6) is 0 Å². The van der Waals surface area contributed by atoms with Crippen molar-refractivity contribution in [3.05, 3.63) is 360 Å². The van der Waals surface area contributed by atoms with Crippen molar-refractivity contribution >= 4 is 10.8 Å². The third-order valence-electron chi connectivity index (χ3n) is 7.69. The molecule has 0 atom stereocenters. The fourth-order valence-corrected chi connectivity index (χ4v) is 4.57. The molecule has 9 rings (SSSR count). The Kier molecular flexibility index (Phi) is 373. The first-order valence-electron chi connectivity index (χ1n) is 35.3. The van der Waals surface area contributed by atoms with Gasteiger partial charge in [-0.15, -0.1) is 0 Å². The Hall–Kier alpha value is -2.34. The van der Waals surface area contributed by atoms with Crippen LogP contribution in [0.25, 0.3) is 10.8 Å². The summed E-state index contributed by atoms with van der Waals surface area (Å²) in [7, 11) is 0. The van der Waals surface area contributed by atoms with E-state index in [9.17, 15) is 0 Å². The number of aryl methyl sites for hydroxylation is 5. The molecule has 0 saturated heterocycles. The zero-order valence-electron chi connectivity index (χ0n) is 76.2. The van der Waals surface area contributed by atoms with Crippen molar-refractivity contribution in [1.29, 1.82) is 0 Å². The Morgan fingerprint density at radius 3 is 0.257 bits per heavy atom. The van der Waals surface area contributed by atoms with E-state index < -0.39 is 0 Å². The van der Waals surface area contributed by atoms with Crippen molar-refractivity contribution in [2.45, 2.75) is 255 Å². The topological polar surface area (TPSA) is 0 Å². The van der Waals surface area contributed by atoms with Crippen LogP contribution in [-0.4, -0.2) is 0 Å². The molecule has 9 aromatic carbocycles. The standard InChI is InChI=1S/C10H8.5C7H8.2C6H6.2C3H8.13C2H6.8CH3.4Y/c1-2-6-10-8-4-3-7-9(10)5-1;5*1-7-5-3-2-4-6-7;2*1-2-4-6-5-3-1;2*1-3-2;13*1-2;;;;;;;;;;;;/h1-8H;5*2-6H,1H3;2*1-6H;2*3H2,1-2H3;13*1-2H3;8*1H3;;;;/q;;;;;;;;;;;;;;;;;;;;;;;8*-1;;;;. The summed E-state index contributed by atoms with van der Waals surface area (Å²) in [6, 6.07) is 92.0. The number of fused-ring (bicyclic) bond motifs is 1. The van der Waals surface area contributed by atoms with Gasteiger partial charge >= 0.3 is 0 Å². The van der Waals surface area contributed by atoms with Gasteiger partial charge in [0.1, 0.15) is 0 Å². The molecule has 0 heterocycles. The van der Waals surface area contributed by atoms with Crippen molar-refractivity contribution in [3.63, 3.8) is 0 Å². The number of benzene rings is 9. The Labute approximate surface area is 748 Å². The van der Waals surface area contributed by atoms with Crippen molar-refractivity contribution in [2.24, 2.45) is 0 Å². The maximum atomic E-state index is 2.12. The summed E-state index contributed by atoms with van der Waals surface area (Å²) in [5.74, 6) is 0.